The van der Waals surface area contributed by atoms with Gasteiger partial charge in [0.1, 0.15) is 0 Å². The minimum Gasteiger partial charge on any atom is -0.370 e. The molecule has 3 N–H and O–H groups in total. The normalized spacial score (nSPS) is 11.4. The van der Waals surface area contributed by atoms with Gasteiger partial charge in [0.15, 0.2) is 5.96 Å². The third kappa shape index (κ3) is 4.67. The molecule has 3 nitrogen and oxygen atoms in total. The second kappa shape index (κ2) is 8.09. The fraction of sp³-hybridized carbons (Fsp3) is 0.312. The van der Waals surface area contributed by atoms with Crippen molar-refractivity contribution in [2.45, 2.75) is 20.4 Å². The highest BCUT2D eigenvalue weighted by Gasteiger charge is 2.00. The van der Waals surface area contributed by atoms with Gasteiger partial charge in [-0.15, -0.1) is 24.0 Å². The average molecular weight is 383 g/mol. The molecule has 0 fully saturated rings. The Morgan fingerprint density at radius 1 is 1.15 bits per heavy atom. The van der Waals surface area contributed by atoms with Gasteiger partial charge in [-0.25, -0.2) is 4.99 Å². The van der Waals surface area contributed by atoms with Crippen molar-refractivity contribution in [3.63, 3.8) is 0 Å². The molecule has 2 aromatic carbocycles. The number of nitrogens with two attached hydrogens (primary N) is 1. The Balaban J connectivity index is 0.00000200. The minimum absolute atomic E-state index is 0. The van der Waals surface area contributed by atoms with Crippen LogP contribution in [-0.4, -0.2) is 12.5 Å². The number of nitrogens with one attached hydrogen (secondary N) is 1. The molecule has 0 aromatic heterocycles. The standard InChI is InChI=1S/C16H21N3.HI/c1-12(2)10-18-16(17)19-11-14-8-5-7-13-6-3-4-9-15(13)14;/h3-9,12H,10-11H2,1-2H3,(H3,17,18,19);1H. The summed E-state index contributed by atoms with van der Waals surface area (Å²) in [7, 11) is 0. The summed E-state index contributed by atoms with van der Waals surface area (Å²) in [5, 5.41) is 5.61. The van der Waals surface area contributed by atoms with Crippen LogP contribution in [0.25, 0.3) is 10.8 Å². The number of benzene rings is 2. The maximum atomic E-state index is 5.85. The van der Waals surface area contributed by atoms with Gasteiger partial charge in [-0.3, -0.25) is 0 Å². The molecule has 2 aromatic rings. The lowest BCUT2D eigenvalue weighted by Gasteiger charge is -2.08. The van der Waals surface area contributed by atoms with Crippen molar-refractivity contribution in [1.29, 1.82) is 0 Å². The van der Waals surface area contributed by atoms with Gasteiger partial charge < -0.3 is 11.1 Å². The van der Waals surface area contributed by atoms with Crippen LogP contribution in [0.15, 0.2) is 47.5 Å². The Bertz CT molecular complexity index is 573. The number of nitrogens with zero attached hydrogens (tertiary/aromatic N) is 1. The molecule has 0 saturated carbocycles. The molecule has 0 aliphatic carbocycles. The van der Waals surface area contributed by atoms with E-state index in [1.165, 1.54) is 16.3 Å². The molecule has 20 heavy (non-hydrogen) atoms. The van der Waals surface area contributed by atoms with Crippen LogP contribution in [-0.2, 0) is 6.54 Å². The highest BCUT2D eigenvalue weighted by molar-refractivity contribution is 14.0. The summed E-state index contributed by atoms with van der Waals surface area (Å²) in [5.41, 5.74) is 7.05. The van der Waals surface area contributed by atoms with E-state index >= 15 is 0 Å². The topological polar surface area (TPSA) is 50.4 Å². The van der Waals surface area contributed by atoms with Gasteiger partial charge in [-0.1, -0.05) is 56.3 Å². The number of rotatable bonds is 4. The van der Waals surface area contributed by atoms with Crippen molar-refractivity contribution in [3.8, 4) is 0 Å². The van der Waals surface area contributed by atoms with E-state index in [1.807, 2.05) is 6.07 Å². The van der Waals surface area contributed by atoms with Crippen molar-refractivity contribution in [2.24, 2.45) is 16.6 Å². The molecule has 108 valence electrons. The maximum Gasteiger partial charge on any atom is 0.188 e. The number of aliphatic imine (C=N–C) groups is 1. The lowest BCUT2D eigenvalue weighted by Crippen LogP contribution is -2.34. The molecular weight excluding hydrogens is 361 g/mol. The van der Waals surface area contributed by atoms with Crippen LogP contribution in [0.3, 0.4) is 0 Å². The first-order valence-electron chi connectivity index (χ1n) is 6.67. The monoisotopic (exact) mass is 383 g/mol. The number of hydrogen-bond donors (Lipinski definition) is 2. The summed E-state index contributed by atoms with van der Waals surface area (Å²) >= 11 is 0. The van der Waals surface area contributed by atoms with E-state index in [1.54, 1.807) is 0 Å². The highest BCUT2D eigenvalue weighted by atomic mass is 127. The van der Waals surface area contributed by atoms with Crippen molar-refractivity contribution in [1.82, 2.24) is 5.32 Å². The first kappa shape index (κ1) is 16.8. The van der Waals surface area contributed by atoms with Gasteiger partial charge in [0.05, 0.1) is 6.54 Å². The smallest absolute Gasteiger partial charge is 0.188 e. The van der Waals surface area contributed by atoms with E-state index in [9.17, 15) is 0 Å². The molecule has 0 radical (unpaired) electrons. The van der Waals surface area contributed by atoms with Gasteiger partial charge in [-0.05, 0) is 22.3 Å². The summed E-state index contributed by atoms with van der Waals surface area (Å²) in [6, 6.07) is 14.6. The lowest BCUT2D eigenvalue weighted by molar-refractivity contribution is 0.622. The molecule has 0 amide bonds. The summed E-state index contributed by atoms with van der Waals surface area (Å²) in [5.74, 6) is 1.08. The Labute approximate surface area is 137 Å². The van der Waals surface area contributed by atoms with Crippen LogP contribution in [0.5, 0.6) is 0 Å². The van der Waals surface area contributed by atoms with E-state index in [4.69, 9.17) is 5.73 Å². The van der Waals surface area contributed by atoms with Crippen LogP contribution in [0.2, 0.25) is 0 Å². The number of fused-ring (bicyclic) bond motifs is 1. The highest BCUT2D eigenvalue weighted by Crippen LogP contribution is 2.18. The Kier molecular flexibility index (Phi) is 6.78. The van der Waals surface area contributed by atoms with Crippen molar-refractivity contribution >= 4 is 40.7 Å². The second-order valence-corrected chi connectivity index (χ2v) is 5.11. The van der Waals surface area contributed by atoms with Crippen LogP contribution in [0.1, 0.15) is 19.4 Å². The molecule has 0 atom stereocenters. The van der Waals surface area contributed by atoms with E-state index in [-0.39, 0.29) is 24.0 Å². The van der Waals surface area contributed by atoms with Crippen LogP contribution in [0.4, 0.5) is 0 Å². The first-order chi connectivity index (χ1) is 9.16. The summed E-state index contributed by atoms with van der Waals surface area (Å²) in [6.07, 6.45) is 0. The van der Waals surface area contributed by atoms with Crippen LogP contribution < -0.4 is 11.1 Å². The van der Waals surface area contributed by atoms with Gasteiger partial charge in [0.2, 0.25) is 0 Å². The minimum atomic E-state index is 0. The third-order valence-corrected chi connectivity index (χ3v) is 2.99. The quantitative estimate of drug-likeness (QED) is 0.482. The number of guanidine groups is 1. The first-order valence-corrected chi connectivity index (χ1v) is 6.67. The molecule has 0 saturated heterocycles. The van der Waals surface area contributed by atoms with Gasteiger partial charge in [0, 0.05) is 6.54 Å². The molecule has 0 aliphatic rings. The lowest BCUT2D eigenvalue weighted by atomic mass is 10.1. The Morgan fingerprint density at radius 2 is 1.85 bits per heavy atom. The number of halogens is 1. The average Bonchev–Trinajstić information content (AvgIpc) is 2.42. The maximum absolute atomic E-state index is 5.85. The van der Waals surface area contributed by atoms with E-state index in [0.717, 1.165) is 6.54 Å². The Morgan fingerprint density at radius 3 is 2.60 bits per heavy atom. The molecule has 0 bridgehead atoms. The predicted octanol–water partition coefficient (Wildman–Crippen LogP) is 3.52. The van der Waals surface area contributed by atoms with E-state index < -0.39 is 0 Å². The largest absolute Gasteiger partial charge is 0.370 e. The molecule has 0 unspecified atom stereocenters. The van der Waals surface area contributed by atoms with Crippen molar-refractivity contribution < 1.29 is 0 Å². The van der Waals surface area contributed by atoms with Crippen LogP contribution in [0, 0.1) is 5.92 Å². The molecular formula is C16H22IN3. The molecule has 0 aliphatic heterocycles. The van der Waals surface area contributed by atoms with E-state index in [2.05, 4.69) is 60.6 Å². The fourth-order valence-corrected chi connectivity index (χ4v) is 1.97. The zero-order valence-corrected chi connectivity index (χ0v) is 14.3. The van der Waals surface area contributed by atoms with E-state index in [0.29, 0.717) is 18.4 Å². The van der Waals surface area contributed by atoms with Gasteiger partial charge in [-0.2, -0.15) is 0 Å². The molecule has 0 spiro atoms. The van der Waals surface area contributed by atoms with Crippen LogP contribution >= 0.6 is 24.0 Å². The SMILES string of the molecule is CC(C)CNC(N)=NCc1cccc2ccccc12.I. The molecule has 2 rings (SSSR count). The number of hydrogen-bond acceptors (Lipinski definition) is 1. The second-order valence-electron chi connectivity index (χ2n) is 5.11. The molecule has 4 heteroatoms. The van der Waals surface area contributed by atoms with Crippen molar-refractivity contribution in [3.05, 3.63) is 48.0 Å². The summed E-state index contributed by atoms with van der Waals surface area (Å²) in [4.78, 5) is 4.40. The Hall–Kier alpha value is -1.30. The zero-order valence-electron chi connectivity index (χ0n) is 12.0. The predicted molar refractivity (Wildman–Crippen MR) is 97.5 cm³/mol. The summed E-state index contributed by atoms with van der Waals surface area (Å²) in [6.45, 7) is 5.75. The van der Waals surface area contributed by atoms with Crippen molar-refractivity contribution in [2.75, 3.05) is 6.54 Å². The summed E-state index contributed by atoms with van der Waals surface area (Å²) < 4.78 is 0. The third-order valence-electron chi connectivity index (χ3n) is 2.99. The fourth-order valence-electron chi connectivity index (χ4n) is 1.97. The zero-order chi connectivity index (χ0) is 13.7. The molecule has 0 heterocycles. The van der Waals surface area contributed by atoms with Gasteiger partial charge >= 0.3 is 0 Å². The van der Waals surface area contributed by atoms with Gasteiger partial charge in [0.25, 0.3) is 0 Å².